The fourth-order valence-corrected chi connectivity index (χ4v) is 2.48. The highest BCUT2D eigenvalue weighted by Crippen LogP contribution is 2.25. The van der Waals surface area contributed by atoms with E-state index >= 15 is 0 Å². The highest BCUT2D eigenvalue weighted by molar-refractivity contribution is 5.94. The molecular formula is C18H19N3O3. The lowest BCUT2D eigenvalue weighted by molar-refractivity contribution is -0.118. The summed E-state index contributed by atoms with van der Waals surface area (Å²) in [5.41, 5.74) is 2.56. The number of imidazole rings is 1. The largest absolute Gasteiger partial charge is 0.493 e. The van der Waals surface area contributed by atoms with Crippen molar-refractivity contribution in [2.24, 2.45) is 7.05 Å². The molecule has 3 aromatic rings. The summed E-state index contributed by atoms with van der Waals surface area (Å²) in [5, 5.41) is 2.82. The van der Waals surface area contributed by atoms with Crippen molar-refractivity contribution in [3.8, 4) is 11.5 Å². The smallest absolute Gasteiger partial charge is 0.262 e. The molecular weight excluding hydrogens is 306 g/mol. The molecule has 0 aliphatic heterocycles. The molecule has 0 unspecified atom stereocenters. The number of methoxy groups -OCH3 is 1. The number of rotatable bonds is 5. The van der Waals surface area contributed by atoms with Crippen molar-refractivity contribution < 1.29 is 14.3 Å². The molecule has 3 rings (SSSR count). The number of nitrogens with zero attached hydrogens (tertiary/aromatic N) is 2. The van der Waals surface area contributed by atoms with Crippen LogP contribution in [0.5, 0.6) is 11.5 Å². The van der Waals surface area contributed by atoms with E-state index in [0.29, 0.717) is 17.2 Å². The number of fused-ring (bicyclic) bond motifs is 1. The molecule has 0 fully saturated rings. The van der Waals surface area contributed by atoms with E-state index < -0.39 is 0 Å². The zero-order valence-corrected chi connectivity index (χ0v) is 13.9. The highest BCUT2D eigenvalue weighted by atomic mass is 16.5. The van der Waals surface area contributed by atoms with Crippen LogP contribution >= 0.6 is 0 Å². The van der Waals surface area contributed by atoms with E-state index in [-0.39, 0.29) is 12.5 Å². The van der Waals surface area contributed by atoms with Crippen LogP contribution in [-0.4, -0.2) is 29.2 Å². The molecule has 6 nitrogen and oxygen atoms in total. The van der Waals surface area contributed by atoms with Gasteiger partial charge in [-0.15, -0.1) is 0 Å². The number of carbonyl (C=O) groups is 1. The maximum Gasteiger partial charge on any atom is 0.262 e. The van der Waals surface area contributed by atoms with Gasteiger partial charge in [0.05, 0.1) is 18.1 Å². The third-order valence-electron chi connectivity index (χ3n) is 3.82. The maximum atomic E-state index is 12.1. The molecule has 0 aliphatic rings. The first-order valence-electron chi connectivity index (χ1n) is 7.57. The maximum absolute atomic E-state index is 12.1. The minimum absolute atomic E-state index is 0.0976. The average molecular weight is 325 g/mol. The molecule has 0 aliphatic carbocycles. The Morgan fingerprint density at radius 1 is 1.21 bits per heavy atom. The van der Waals surface area contributed by atoms with Gasteiger partial charge in [0.1, 0.15) is 5.82 Å². The zero-order chi connectivity index (χ0) is 17.1. The van der Waals surface area contributed by atoms with Gasteiger partial charge in [0.25, 0.3) is 5.91 Å². The fraction of sp³-hybridized carbons (Fsp3) is 0.222. The van der Waals surface area contributed by atoms with Crippen molar-refractivity contribution >= 4 is 22.6 Å². The third-order valence-corrected chi connectivity index (χ3v) is 3.82. The number of nitrogens with one attached hydrogen (secondary N) is 1. The third kappa shape index (κ3) is 3.17. The number of aromatic nitrogens is 2. The normalized spacial score (nSPS) is 10.6. The number of amides is 1. The van der Waals surface area contributed by atoms with Gasteiger partial charge in [-0.05, 0) is 37.3 Å². The second-order valence-electron chi connectivity index (χ2n) is 5.41. The van der Waals surface area contributed by atoms with E-state index in [4.69, 9.17) is 9.47 Å². The predicted molar refractivity (Wildman–Crippen MR) is 92.6 cm³/mol. The van der Waals surface area contributed by atoms with Crippen LogP contribution in [0, 0.1) is 6.92 Å². The van der Waals surface area contributed by atoms with Crippen LogP contribution in [-0.2, 0) is 11.8 Å². The Balaban J connectivity index is 1.66. The average Bonchev–Trinajstić information content (AvgIpc) is 2.87. The molecule has 0 saturated carbocycles. The SMILES string of the molecule is COc1ccccc1OCC(=O)Nc1ccc2c(c1)nc(C)n2C. The number of hydrogen-bond donors (Lipinski definition) is 1. The lowest BCUT2D eigenvalue weighted by atomic mass is 10.2. The summed E-state index contributed by atoms with van der Waals surface area (Å²) in [6.07, 6.45) is 0. The van der Waals surface area contributed by atoms with Gasteiger partial charge >= 0.3 is 0 Å². The minimum atomic E-state index is -0.243. The van der Waals surface area contributed by atoms with Crippen LogP contribution in [0.1, 0.15) is 5.82 Å². The first-order valence-corrected chi connectivity index (χ1v) is 7.57. The standard InChI is InChI=1S/C18H19N3O3/c1-12-19-14-10-13(8-9-15(14)21(12)2)20-18(22)11-24-17-7-5-4-6-16(17)23-3/h4-10H,11H2,1-3H3,(H,20,22). The van der Waals surface area contributed by atoms with Crippen molar-refractivity contribution in [1.82, 2.24) is 9.55 Å². The van der Waals surface area contributed by atoms with E-state index in [1.807, 2.05) is 48.9 Å². The van der Waals surface area contributed by atoms with Gasteiger partial charge in [-0.1, -0.05) is 12.1 Å². The lowest BCUT2D eigenvalue weighted by Crippen LogP contribution is -2.20. The summed E-state index contributed by atoms with van der Waals surface area (Å²) in [6.45, 7) is 1.85. The summed E-state index contributed by atoms with van der Waals surface area (Å²) >= 11 is 0. The van der Waals surface area contributed by atoms with Crippen LogP contribution in [0.15, 0.2) is 42.5 Å². The topological polar surface area (TPSA) is 65.4 Å². The van der Waals surface area contributed by atoms with Crippen LogP contribution in [0.3, 0.4) is 0 Å². The van der Waals surface area contributed by atoms with Gasteiger partial charge < -0.3 is 19.4 Å². The van der Waals surface area contributed by atoms with Gasteiger partial charge in [0.15, 0.2) is 18.1 Å². The molecule has 1 heterocycles. The van der Waals surface area contributed by atoms with Gasteiger partial charge in [0.2, 0.25) is 0 Å². The number of carbonyl (C=O) groups excluding carboxylic acids is 1. The van der Waals surface area contributed by atoms with Gasteiger partial charge in [0, 0.05) is 12.7 Å². The van der Waals surface area contributed by atoms with Crippen molar-refractivity contribution in [2.75, 3.05) is 19.0 Å². The molecule has 6 heteroatoms. The Bertz CT molecular complexity index is 886. The Morgan fingerprint density at radius 2 is 1.96 bits per heavy atom. The summed E-state index contributed by atoms with van der Waals surface area (Å²) in [4.78, 5) is 16.6. The van der Waals surface area contributed by atoms with E-state index in [2.05, 4.69) is 10.3 Å². The molecule has 0 saturated heterocycles. The van der Waals surface area contributed by atoms with Crippen molar-refractivity contribution in [1.29, 1.82) is 0 Å². The van der Waals surface area contributed by atoms with Crippen molar-refractivity contribution in [2.45, 2.75) is 6.92 Å². The highest BCUT2D eigenvalue weighted by Gasteiger charge is 2.09. The molecule has 24 heavy (non-hydrogen) atoms. The lowest BCUT2D eigenvalue weighted by Gasteiger charge is -2.10. The summed E-state index contributed by atoms with van der Waals surface area (Å²) in [5.74, 6) is 1.81. The fourth-order valence-electron chi connectivity index (χ4n) is 2.48. The minimum Gasteiger partial charge on any atom is -0.493 e. The van der Waals surface area contributed by atoms with Crippen LogP contribution in [0.25, 0.3) is 11.0 Å². The van der Waals surface area contributed by atoms with Crippen molar-refractivity contribution in [3.63, 3.8) is 0 Å². The number of benzene rings is 2. The quantitative estimate of drug-likeness (QED) is 0.783. The van der Waals surface area contributed by atoms with Gasteiger partial charge in [-0.2, -0.15) is 0 Å². The number of para-hydroxylation sites is 2. The van der Waals surface area contributed by atoms with E-state index in [1.54, 1.807) is 19.2 Å². The molecule has 1 amide bonds. The second kappa shape index (κ2) is 6.62. The zero-order valence-electron chi connectivity index (χ0n) is 13.9. The summed E-state index contributed by atoms with van der Waals surface area (Å²) in [6, 6.07) is 12.8. The number of anilines is 1. The van der Waals surface area contributed by atoms with Gasteiger partial charge in [-0.3, -0.25) is 4.79 Å². The molecule has 2 aromatic carbocycles. The first kappa shape index (κ1) is 15.9. The van der Waals surface area contributed by atoms with Crippen LogP contribution in [0.2, 0.25) is 0 Å². The van der Waals surface area contributed by atoms with E-state index in [0.717, 1.165) is 16.9 Å². The second-order valence-corrected chi connectivity index (χ2v) is 5.41. The predicted octanol–water partition coefficient (Wildman–Crippen LogP) is 2.91. The van der Waals surface area contributed by atoms with Crippen molar-refractivity contribution in [3.05, 3.63) is 48.3 Å². The Kier molecular flexibility index (Phi) is 4.37. The summed E-state index contributed by atoms with van der Waals surface area (Å²) < 4.78 is 12.7. The van der Waals surface area contributed by atoms with Gasteiger partial charge in [-0.25, -0.2) is 4.98 Å². The van der Waals surface area contributed by atoms with E-state index in [9.17, 15) is 4.79 Å². The molecule has 0 radical (unpaired) electrons. The molecule has 124 valence electrons. The van der Waals surface area contributed by atoms with Crippen LogP contribution in [0.4, 0.5) is 5.69 Å². The molecule has 0 atom stereocenters. The monoisotopic (exact) mass is 325 g/mol. The first-order chi connectivity index (χ1) is 11.6. The number of ether oxygens (including phenoxy) is 2. The molecule has 0 spiro atoms. The molecule has 1 N–H and O–H groups in total. The Labute approximate surface area is 140 Å². The number of aryl methyl sites for hydroxylation is 2. The van der Waals surface area contributed by atoms with E-state index in [1.165, 1.54) is 0 Å². The Hall–Kier alpha value is -3.02. The molecule has 0 bridgehead atoms. The Morgan fingerprint density at radius 3 is 2.71 bits per heavy atom. The van der Waals surface area contributed by atoms with Crippen LogP contribution < -0.4 is 14.8 Å². The number of hydrogen-bond acceptors (Lipinski definition) is 4. The summed E-state index contributed by atoms with van der Waals surface area (Å²) in [7, 11) is 3.52. The molecule has 1 aromatic heterocycles.